The zero-order chi connectivity index (χ0) is 13.8. The van der Waals surface area contributed by atoms with Crippen LogP contribution in [0.1, 0.15) is 11.1 Å². The molecule has 0 bridgehead atoms. The largest absolute Gasteiger partial charge is 1.00 e. The van der Waals surface area contributed by atoms with E-state index >= 15 is 0 Å². The maximum atomic E-state index is 9.80. The van der Waals surface area contributed by atoms with Crippen LogP contribution in [0.2, 0.25) is 0 Å². The number of fused-ring (bicyclic) bond motifs is 1. The number of benzene rings is 2. The predicted octanol–water partition coefficient (Wildman–Crippen LogP) is 0.661. The van der Waals surface area contributed by atoms with Gasteiger partial charge in [-0.05, 0) is 23.3 Å². The van der Waals surface area contributed by atoms with Crippen molar-refractivity contribution in [3.05, 3.63) is 71.9 Å². The van der Waals surface area contributed by atoms with Crippen molar-refractivity contribution in [3.63, 3.8) is 0 Å². The molecule has 0 aliphatic heterocycles. The fraction of sp³-hybridized carbons (Fsp3) is 0.118. The standard InChI is InChI=1S/C17H15NO2.ClH/c19-16-9-8-14(15-7-4-10-18-17(15)16)12-20-11-13-5-2-1-3-6-13;/h1-10,19H,11-12H2;1H/p-1. The van der Waals surface area contributed by atoms with Crippen LogP contribution in [0.15, 0.2) is 60.8 Å². The van der Waals surface area contributed by atoms with Gasteiger partial charge in [-0.3, -0.25) is 4.98 Å². The molecule has 0 atom stereocenters. The first-order chi connectivity index (χ1) is 9.84. The third-order valence-corrected chi connectivity index (χ3v) is 3.21. The molecular weight excluding hydrogens is 286 g/mol. The molecule has 4 heteroatoms. The second-order valence-electron chi connectivity index (χ2n) is 4.62. The maximum Gasteiger partial charge on any atom is 0.141 e. The van der Waals surface area contributed by atoms with E-state index < -0.39 is 0 Å². The zero-order valence-corrected chi connectivity index (χ0v) is 12.1. The number of hydrogen-bond acceptors (Lipinski definition) is 3. The monoisotopic (exact) mass is 300 g/mol. The van der Waals surface area contributed by atoms with Gasteiger partial charge < -0.3 is 22.3 Å². The second-order valence-corrected chi connectivity index (χ2v) is 4.62. The number of halogens is 1. The lowest BCUT2D eigenvalue weighted by molar-refractivity contribution is -0.00000538. The smallest absolute Gasteiger partial charge is 0.141 e. The Kier molecular flexibility index (Phi) is 5.14. The van der Waals surface area contributed by atoms with Crippen molar-refractivity contribution >= 4 is 10.9 Å². The Hall–Kier alpha value is -2.10. The van der Waals surface area contributed by atoms with Crippen LogP contribution >= 0.6 is 0 Å². The fourth-order valence-corrected chi connectivity index (χ4v) is 2.20. The number of pyridine rings is 1. The number of phenols is 1. The Bertz CT molecular complexity index is 716. The Labute approximate surface area is 129 Å². The maximum absolute atomic E-state index is 9.80. The lowest BCUT2D eigenvalue weighted by Crippen LogP contribution is -3.00. The molecule has 0 spiro atoms. The van der Waals surface area contributed by atoms with E-state index in [2.05, 4.69) is 4.98 Å². The van der Waals surface area contributed by atoms with Crippen LogP contribution in [-0.4, -0.2) is 10.1 Å². The molecule has 0 aliphatic carbocycles. The molecule has 1 N–H and O–H groups in total. The number of aromatic hydroxyl groups is 1. The highest BCUT2D eigenvalue weighted by Crippen LogP contribution is 2.26. The summed E-state index contributed by atoms with van der Waals surface area (Å²) in [4.78, 5) is 4.20. The summed E-state index contributed by atoms with van der Waals surface area (Å²) in [5.41, 5.74) is 2.80. The third kappa shape index (κ3) is 3.51. The molecule has 0 fully saturated rings. The van der Waals surface area contributed by atoms with Gasteiger partial charge >= 0.3 is 0 Å². The Balaban J connectivity index is 0.00000161. The van der Waals surface area contributed by atoms with E-state index in [-0.39, 0.29) is 18.2 Å². The van der Waals surface area contributed by atoms with Crippen LogP contribution in [0.4, 0.5) is 0 Å². The third-order valence-electron chi connectivity index (χ3n) is 3.21. The van der Waals surface area contributed by atoms with Crippen LogP contribution in [0.3, 0.4) is 0 Å². The molecule has 21 heavy (non-hydrogen) atoms. The lowest BCUT2D eigenvalue weighted by atomic mass is 10.1. The van der Waals surface area contributed by atoms with Crippen molar-refractivity contribution < 1.29 is 22.3 Å². The molecule has 3 nitrogen and oxygen atoms in total. The lowest BCUT2D eigenvalue weighted by Gasteiger charge is -2.08. The van der Waals surface area contributed by atoms with E-state index in [0.717, 1.165) is 16.5 Å². The minimum atomic E-state index is 0. The molecule has 0 unspecified atom stereocenters. The van der Waals surface area contributed by atoms with Crippen LogP contribution in [0.25, 0.3) is 10.9 Å². The van der Waals surface area contributed by atoms with Crippen LogP contribution in [-0.2, 0) is 18.0 Å². The topological polar surface area (TPSA) is 42.4 Å². The molecule has 0 saturated carbocycles. The van der Waals surface area contributed by atoms with Crippen molar-refractivity contribution in [3.8, 4) is 5.75 Å². The molecule has 3 aromatic rings. The number of hydrogen-bond donors (Lipinski definition) is 1. The number of ether oxygens (including phenoxy) is 1. The van der Waals surface area contributed by atoms with E-state index in [4.69, 9.17) is 4.74 Å². The van der Waals surface area contributed by atoms with E-state index in [1.165, 1.54) is 0 Å². The van der Waals surface area contributed by atoms with Crippen molar-refractivity contribution in [1.82, 2.24) is 4.98 Å². The van der Waals surface area contributed by atoms with Crippen molar-refractivity contribution in [1.29, 1.82) is 0 Å². The number of nitrogens with zero attached hydrogens (tertiary/aromatic N) is 1. The average molecular weight is 301 g/mol. The molecule has 2 aromatic carbocycles. The van der Waals surface area contributed by atoms with Crippen molar-refractivity contribution in [2.75, 3.05) is 0 Å². The van der Waals surface area contributed by atoms with E-state index in [1.54, 1.807) is 12.3 Å². The van der Waals surface area contributed by atoms with Gasteiger partial charge in [-0.2, -0.15) is 0 Å². The number of rotatable bonds is 4. The van der Waals surface area contributed by atoms with Crippen molar-refractivity contribution in [2.45, 2.75) is 13.2 Å². The van der Waals surface area contributed by atoms with Crippen LogP contribution in [0.5, 0.6) is 5.75 Å². The minimum absolute atomic E-state index is 0. The molecule has 0 amide bonds. The molecule has 0 saturated heterocycles. The van der Waals surface area contributed by atoms with E-state index in [0.29, 0.717) is 18.7 Å². The molecule has 0 aliphatic rings. The molecule has 1 heterocycles. The molecule has 108 valence electrons. The van der Waals surface area contributed by atoms with Gasteiger partial charge in [-0.1, -0.05) is 42.5 Å². The first kappa shape index (κ1) is 15.3. The van der Waals surface area contributed by atoms with Gasteiger partial charge in [0.15, 0.2) is 0 Å². The molecule has 1 aromatic heterocycles. The Morgan fingerprint density at radius 1 is 0.905 bits per heavy atom. The second kappa shape index (κ2) is 7.07. The highest BCUT2D eigenvalue weighted by atomic mass is 35.5. The SMILES string of the molecule is Oc1ccc(COCc2ccccc2)c2cccnc12.[Cl-]. The molecular formula is C17H15ClNO2-. The predicted molar refractivity (Wildman–Crippen MR) is 78.3 cm³/mol. The summed E-state index contributed by atoms with van der Waals surface area (Å²) >= 11 is 0. The van der Waals surface area contributed by atoms with Gasteiger partial charge in [0.2, 0.25) is 0 Å². The van der Waals surface area contributed by atoms with Gasteiger partial charge in [0, 0.05) is 11.6 Å². The number of aromatic nitrogens is 1. The van der Waals surface area contributed by atoms with Crippen LogP contribution < -0.4 is 12.4 Å². The summed E-state index contributed by atoms with van der Waals surface area (Å²) in [7, 11) is 0. The number of phenolic OH excluding ortho intramolecular Hbond substituents is 1. The Morgan fingerprint density at radius 2 is 1.71 bits per heavy atom. The van der Waals surface area contributed by atoms with Gasteiger partial charge in [-0.15, -0.1) is 0 Å². The summed E-state index contributed by atoms with van der Waals surface area (Å²) in [6.45, 7) is 1.07. The first-order valence-electron chi connectivity index (χ1n) is 6.52. The fourth-order valence-electron chi connectivity index (χ4n) is 2.20. The highest BCUT2D eigenvalue weighted by molar-refractivity contribution is 5.86. The zero-order valence-electron chi connectivity index (χ0n) is 11.4. The van der Waals surface area contributed by atoms with Gasteiger partial charge in [0.1, 0.15) is 11.3 Å². The van der Waals surface area contributed by atoms with Gasteiger partial charge in [-0.25, -0.2) is 0 Å². The highest BCUT2D eigenvalue weighted by Gasteiger charge is 2.06. The summed E-state index contributed by atoms with van der Waals surface area (Å²) < 4.78 is 5.74. The van der Waals surface area contributed by atoms with Crippen LogP contribution in [0, 0.1) is 0 Å². The quantitative estimate of drug-likeness (QED) is 0.770. The molecule has 0 radical (unpaired) electrons. The van der Waals surface area contributed by atoms with E-state index in [9.17, 15) is 5.11 Å². The van der Waals surface area contributed by atoms with Gasteiger partial charge in [0.05, 0.1) is 13.2 Å². The van der Waals surface area contributed by atoms with Crippen molar-refractivity contribution in [2.24, 2.45) is 0 Å². The molecule has 3 rings (SSSR count). The first-order valence-corrected chi connectivity index (χ1v) is 6.52. The van der Waals surface area contributed by atoms with Gasteiger partial charge in [0.25, 0.3) is 0 Å². The summed E-state index contributed by atoms with van der Waals surface area (Å²) in [6.07, 6.45) is 1.68. The summed E-state index contributed by atoms with van der Waals surface area (Å²) in [5, 5.41) is 10.7. The summed E-state index contributed by atoms with van der Waals surface area (Å²) in [5.74, 6) is 0.201. The minimum Gasteiger partial charge on any atom is -1.00 e. The summed E-state index contributed by atoms with van der Waals surface area (Å²) in [6, 6.07) is 17.4. The Morgan fingerprint density at radius 3 is 2.52 bits per heavy atom. The average Bonchev–Trinajstić information content (AvgIpc) is 2.51. The van der Waals surface area contributed by atoms with E-state index in [1.807, 2.05) is 48.5 Å². The normalized spacial score (nSPS) is 10.3.